The van der Waals surface area contributed by atoms with Crippen molar-refractivity contribution in [1.29, 1.82) is 0 Å². The summed E-state index contributed by atoms with van der Waals surface area (Å²) in [4.78, 5) is 33.0. The van der Waals surface area contributed by atoms with E-state index in [4.69, 9.17) is 17.0 Å². The lowest BCUT2D eigenvalue weighted by Crippen LogP contribution is -3.18. The molecule has 3 aliphatic rings. The van der Waals surface area contributed by atoms with Crippen LogP contribution in [0.15, 0.2) is 23.0 Å². The molecule has 3 fully saturated rings. The van der Waals surface area contributed by atoms with Crippen molar-refractivity contribution in [2.45, 2.75) is 63.6 Å². The van der Waals surface area contributed by atoms with Crippen LogP contribution in [0, 0.1) is 4.77 Å². The van der Waals surface area contributed by atoms with Gasteiger partial charge in [-0.25, -0.2) is 0 Å². The Bertz CT molecular complexity index is 1090. The number of hydrogen-bond donors (Lipinski definition) is 2. The number of rotatable bonds is 4. The summed E-state index contributed by atoms with van der Waals surface area (Å²) in [7, 11) is 0. The van der Waals surface area contributed by atoms with Crippen molar-refractivity contribution < 1.29 is 14.4 Å². The number of piperazine rings is 1. The summed E-state index contributed by atoms with van der Waals surface area (Å²) < 4.78 is 7.64. The number of carbonyl (C=O) groups is 1. The predicted octanol–water partition coefficient (Wildman–Crippen LogP) is 1.91. The van der Waals surface area contributed by atoms with Gasteiger partial charge in [0.05, 0.1) is 55.8 Å². The maximum absolute atomic E-state index is 13.2. The SMILES string of the molecule is O=C(c1ccc2c(=O)n(CC3CCCO3)c(=S)[nH]c2c1)N1CC[NH+](C2CCCCC2)CC1. The summed E-state index contributed by atoms with van der Waals surface area (Å²) in [6.07, 6.45) is 8.74. The Morgan fingerprint density at radius 1 is 1.12 bits per heavy atom. The third-order valence-corrected chi connectivity index (χ3v) is 7.84. The van der Waals surface area contributed by atoms with Gasteiger partial charge in [0.2, 0.25) is 0 Å². The molecule has 3 heterocycles. The molecule has 1 amide bonds. The molecule has 1 aromatic heterocycles. The molecule has 2 aliphatic heterocycles. The van der Waals surface area contributed by atoms with Crippen molar-refractivity contribution in [1.82, 2.24) is 14.5 Å². The van der Waals surface area contributed by atoms with Gasteiger partial charge in [-0.2, -0.15) is 0 Å². The van der Waals surface area contributed by atoms with Gasteiger partial charge in [0, 0.05) is 12.2 Å². The molecule has 0 bridgehead atoms. The Labute approximate surface area is 193 Å². The summed E-state index contributed by atoms with van der Waals surface area (Å²) in [5.41, 5.74) is 1.12. The molecule has 8 heteroatoms. The lowest BCUT2D eigenvalue weighted by molar-refractivity contribution is -0.930. The number of benzene rings is 1. The number of nitrogens with zero attached hydrogens (tertiary/aromatic N) is 2. The second kappa shape index (κ2) is 9.45. The first kappa shape index (κ1) is 21.8. The van der Waals surface area contributed by atoms with Crippen LogP contribution in [0.25, 0.3) is 10.9 Å². The van der Waals surface area contributed by atoms with Crippen LogP contribution in [0.3, 0.4) is 0 Å². The average molecular weight is 458 g/mol. The van der Waals surface area contributed by atoms with Crippen LogP contribution in [0.1, 0.15) is 55.3 Å². The van der Waals surface area contributed by atoms with Gasteiger partial charge in [-0.05, 0) is 68.9 Å². The van der Waals surface area contributed by atoms with Crippen LogP contribution >= 0.6 is 12.2 Å². The Kier molecular flexibility index (Phi) is 6.44. The number of amides is 1. The van der Waals surface area contributed by atoms with E-state index in [2.05, 4.69) is 4.98 Å². The Morgan fingerprint density at radius 3 is 2.62 bits per heavy atom. The zero-order valence-corrected chi connectivity index (χ0v) is 19.4. The van der Waals surface area contributed by atoms with Crippen molar-refractivity contribution in [3.8, 4) is 0 Å². The van der Waals surface area contributed by atoms with Gasteiger partial charge in [0.25, 0.3) is 11.5 Å². The van der Waals surface area contributed by atoms with Crippen LogP contribution in [-0.2, 0) is 11.3 Å². The van der Waals surface area contributed by atoms with E-state index < -0.39 is 0 Å². The summed E-state index contributed by atoms with van der Waals surface area (Å²) in [6.45, 7) is 4.86. The fourth-order valence-electron chi connectivity index (χ4n) is 5.64. The standard InChI is InChI=1S/C24H32N4O3S/c29-22(27-12-10-26(11-13-27)18-5-2-1-3-6-18)17-8-9-20-21(15-17)25-24(32)28(23(20)30)16-19-7-4-14-31-19/h8-9,15,18-19H,1-7,10-14,16H2,(H,25,32)/p+1. The van der Waals surface area contributed by atoms with Crippen LogP contribution in [-0.4, -0.2) is 65.3 Å². The number of aromatic amines is 1. The Hall–Kier alpha value is -2.03. The van der Waals surface area contributed by atoms with E-state index >= 15 is 0 Å². The molecular weight excluding hydrogens is 424 g/mol. The van der Waals surface area contributed by atoms with E-state index in [0.29, 0.717) is 27.8 Å². The van der Waals surface area contributed by atoms with Crippen LogP contribution in [0.5, 0.6) is 0 Å². The second-order valence-electron chi connectivity index (χ2n) is 9.53. The molecule has 0 radical (unpaired) electrons. The number of ether oxygens (including phenoxy) is 1. The van der Waals surface area contributed by atoms with Crippen LogP contribution in [0.4, 0.5) is 0 Å². The number of aromatic nitrogens is 2. The molecule has 172 valence electrons. The lowest BCUT2D eigenvalue weighted by Gasteiger charge is -2.38. The van der Waals surface area contributed by atoms with Gasteiger partial charge in [0.15, 0.2) is 4.77 Å². The number of H-pyrrole nitrogens is 1. The highest BCUT2D eigenvalue weighted by atomic mass is 32.1. The van der Waals surface area contributed by atoms with Crippen molar-refractivity contribution >= 4 is 29.0 Å². The third kappa shape index (κ3) is 4.40. The number of hydrogen-bond acceptors (Lipinski definition) is 4. The van der Waals surface area contributed by atoms with Crippen LogP contribution in [0.2, 0.25) is 0 Å². The molecule has 7 nitrogen and oxygen atoms in total. The zero-order chi connectivity index (χ0) is 22.1. The van der Waals surface area contributed by atoms with Crippen molar-refractivity contribution in [3.05, 3.63) is 38.9 Å². The summed E-state index contributed by atoms with van der Waals surface area (Å²) in [5, 5.41) is 0.555. The molecule has 1 unspecified atom stereocenters. The van der Waals surface area contributed by atoms with E-state index in [1.54, 1.807) is 27.7 Å². The number of quaternary nitrogens is 1. The van der Waals surface area contributed by atoms with Gasteiger partial charge in [-0.15, -0.1) is 0 Å². The molecule has 1 atom stereocenters. The molecule has 1 aromatic carbocycles. The van der Waals surface area contributed by atoms with Gasteiger partial charge in [-0.1, -0.05) is 6.42 Å². The molecule has 2 aromatic rings. The largest absolute Gasteiger partial charge is 0.376 e. The first-order valence-corrected chi connectivity index (χ1v) is 12.5. The van der Waals surface area contributed by atoms with E-state index in [1.165, 1.54) is 32.1 Å². The first-order chi connectivity index (χ1) is 15.6. The van der Waals surface area contributed by atoms with Gasteiger partial charge >= 0.3 is 0 Å². The van der Waals surface area contributed by atoms with Crippen molar-refractivity contribution in [2.24, 2.45) is 0 Å². The molecule has 5 rings (SSSR count). The zero-order valence-electron chi connectivity index (χ0n) is 18.6. The van der Waals surface area contributed by atoms with Gasteiger partial charge in [-0.3, -0.25) is 14.2 Å². The smallest absolute Gasteiger partial charge is 0.262 e. The Morgan fingerprint density at radius 2 is 1.91 bits per heavy atom. The third-order valence-electron chi connectivity index (χ3n) is 7.51. The van der Waals surface area contributed by atoms with E-state index in [1.807, 2.05) is 4.90 Å². The highest BCUT2D eigenvalue weighted by molar-refractivity contribution is 7.71. The maximum Gasteiger partial charge on any atom is 0.262 e. The highest BCUT2D eigenvalue weighted by Gasteiger charge is 2.30. The summed E-state index contributed by atoms with van der Waals surface area (Å²) in [5.74, 6) is 0.0393. The summed E-state index contributed by atoms with van der Waals surface area (Å²) >= 11 is 5.46. The molecule has 1 saturated carbocycles. The molecule has 2 N–H and O–H groups in total. The van der Waals surface area contributed by atoms with E-state index in [0.717, 1.165) is 51.7 Å². The molecule has 32 heavy (non-hydrogen) atoms. The minimum atomic E-state index is -0.122. The molecule has 0 spiro atoms. The fraction of sp³-hybridized carbons (Fsp3) is 0.625. The molecule has 1 aliphatic carbocycles. The molecule has 2 saturated heterocycles. The average Bonchev–Trinajstić information content (AvgIpc) is 3.35. The number of fused-ring (bicyclic) bond motifs is 1. The lowest BCUT2D eigenvalue weighted by atomic mass is 9.94. The number of carbonyl (C=O) groups excluding carboxylic acids is 1. The fourth-order valence-corrected chi connectivity index (χ4v) is 5.91. The quantitative estimate of drug-likeness (QED) is 0.688. The normalized spacial score (nSPS) is 23.1. The van der Waals surface area contributed by atoms with Crippen LogP contribution < -0.4 is 10.5 Å². The van der Waals surface area contributed by atoms with E-state index in [9.17, 15) is 9.59 Å². The van der Waals surface area contributed by atoms with Crippen molar-refractivity contribution in [3.63, 3.8) is 0 Å². The summed E-state index contributed by atoms with van der Waals surface area (Å²) in [6, 6.07) is 6.09. The topological polar surface area (TPSA) is 71.8 Å². The molecular formula is C24H33N4O3S+. The Balaban J connectivity index is 1.30. The minimum Gasteiger partial charge on any atom is -0.376 e. The van der Waals surface area contributed by atoms with Gasteiger partial charge in [0.1, 0.15) is 0 Å². The number of nitrogens with one attached hydrogen (secondary N) is 2. The maximum atomic E-state index is 13.2. The van der Waals surface area contributed by atoms with E-state index in [-0.39, 0.29) is 17.6 Å². The second-order valence-corrected chi connectivity index (χ2v) is 9.91. The first-order valence-electron chi connectivity index (χ1n) is 12.1. The highest BCUT2D eigenvalue weighted by Crippen LogP contribution is 2.18. The monoisotopic (exact) mass is 457 g/mol. The van der Waals surface area contributed by atoms with Gasteiger partial charge < -0.3 is 19.5 Å². The predicted molar refractivity (Wildman–Crippen MR) is 126 cm³/mol. The minimum absolute atomic E-state index is 0.0375. The van der Waals surface area contributed by atoms with Crippen molar-refractivity contribution in [2.75, 3.05) is 32.8 Å².